The van der Waals surface area contributed by atoms with Crippen molar-refractivity contribution in [1.29, 1.82) is 0 Å². The van der Waals surface area contributed by atoms with E-state index in [1.165, 1.54) is 0 Å². The Hall–Kier alpha value is -1.95. The summed E-state index contributed by atoms with van der Waals surface area (Å²) in [5.41, 5.74) is 1.29. The average Bonchev–Trinajstić information content (AvgIpc) is 2.98. The second-order valence-corrected chi connectivity index (χ2v) is 4.91. The van der Waals surface area contributed by atoms with Crippen LogP contribution in [0.2, 0.25) is 0 Å². The van der Waals surface area contributed by atoms with E-state index < -0.39 is 0 Å². The first kappa shape index (κ1) is 13.5. The number of anilines is 1. The number of rotatable bonds is 5. The van der Waals surface area contributed by atoms with Gasteiger partial charge in [0.2, 0.25) is 0 Å². The molecule has 0 saturated heterocycles. The van der Waals surface area contributed by atoms with Crippen LogP contribution >= 0.6 is 11.3 Å². The summed E-state index contributed by atoms with van der Waals surface area (Å²) in [6.45, 7) is 2.02. The van der Waals surface area contributed by atoms with Crippen LogP contribution in [0.15, 0.2) is 29.9 Å². The molecule has 0 bridgehead atoms. The molecule has 1 atom stereocenters. The number of nitrogens with zero attached hydrogens (tertiary/aromatic N) is 2. The molecule has 0 fully saturated rings. The minimum Gasteiger partial charge on any atom is -0.387 e. The largest absolute Gasteiger partial charge is 0.387 e. The number of hydrogen-bond acceptors (Lipinski definition) is 5. The minimum absolute atomic E-state index is 0.0572. The zero-order valence-corrected chi connectivity index (χ0v) is 11.7. The van der Waals surface area contributed by atoms with E-state index in [4.69, 9.17) is 0 Å². The lowest BCUT2D eigenvalue weighted by Crippen LogP contribution is -2.28. The summed E-state index contributed by atoms with van der Waals surface area (Å²) in [6, 6.07) is 3.47. The normalized spacial score (nSPS) is 11.9. The molecule has 19 heavy (non-hydrogen) atoms. The van der Waals surface area contributed by atoms with Crippen LogP contribution in [-0.4, -0.2) is 22.9 Å². The van der Waals surface area contributed by atoms with E-state index in [-0.39, 0.29) is 11.9 Å². The van der Waals surface area contributed by atoms with Crippen LogP contribution < -0.4 is 10.6 Å². The van der Waals surface area contributed by atoms with Gasteiger partial charge in [-0.15, -0.1) is 11.3 Å². The van der Waals surface area contributed by atoms with E-state index in [9.17, 15) is 4.79 Å². The summed E-state index contributed by atoms with van der Waals surface area (Å²) in [4.78, 5) is 20.5. The van der Waals surface area contributed by atoms with Gasteiger partial charge in [0.25, 0.3) is 5.91 Å². The van der Waals surface area contributed by atoms with Crippen molar-refractivity contribution in [3.05, 3.63) is 40.6 Å². The molecule has 5 nitrogen and oxygen atoms in total. The van der Waals surface area contributed by atoms with Gasteiger partial charge in [-0.25, -0.2) is 9.97 Å². The van der Waals surface area contributed by atoms with Crippen LogP contribution in [0.1, 0.15) is 34.9 Å². The summed E-state index contributed by atoms with van der Waals surface area (Å²) in [6.07, 6.45) is 4.18. The lowest BCUT2D eigenvalue weighted by Gasteiger charge is -2.14. The van der Waals surface area contributed by atoms with E-state index in [2.05, 4.69) is 20.6 Å². The van der Waals surface area contributed by atoms with Crippen molar-refractivity contribution in [3.8, 4) is 0 Å². The maximum absolute atomic E-state index is 12.1. The fraction of sp³-hybridized carbons (Fsp3) is 0.308. The molecule has 0 aromatic carbocycles. The molecule has 0 aliphatic rings. The topological polar surface area (TPSA) is 66.9 Å². The summed E-state index contributed by atoms with van der Waals surface area (Å²) in [5.74, 6) is -0.176. The Labute approximate surface area is 116 Å². The van der Waals surface area contributed by atoms with Gasteiger partial charge in [0.15, 0.2) is 0 Å². The summed E-state index contributed by atoms with van der Waals surface area (Å²) >= 11 is 1.54. The molecule has 0 saturated carbocycles. The number of aromatic nitrogens is 2. The fourth-order valence-electron chi connectivity index (χ4n) is 1.65. The van der Waals surface area contributed by atoms with E-state index in [0.717, 1.165) is 17.1 Å². The van der Waals surface area contributed by atoms with Crippen molar-refractivity contribution >= 4 is 22.9 Å². The van der Waals surface area contributed by atoms with Gasteiger partial charge in [-0.1, -0.05) is 6.92 Å². The predicted molar refractivity (Wildman–Crippen MR) is 76.4 cm³/mol. The van der Waals surface area contributed by atoms with Gasteiger partial charge in [0, 0.05) is 18.6 Å². The Balaban J connectivity index is 2.06. The summed E-state index contributed by atoms with van der Waals surface area (Å²) in [7, 11) is 1.81. The van der Waals surface area contributed by atoms with E-state index in [1.54, 1.807) is 29.8 Å². The van der Waals surface area contributed by atoms with Gasteiger partial charge in [-0.2, -0.15) is 0 Å². The molecule has 0 aliphatic heterocycles. The van der Waals surface area contributed by atoms with Gasteiger partial charge in [-0.3, -0.25) is 4.79 Å². The Morgan fingerprint density at radius 1 is 1.42 bits per heavy atom. The summed E-state index contributed by atoms with van der Waals surface area (Å²) in [5, 5.41) is 8.74. The quantitative estimate of drug-likeness (QED) is 0.880. The number of pyridine rings is 1. The molecule has 100 valence electrons. The number of nitrogens with one attached hydrogen (secondary N) is 2. The Bertz CT molecular complexity index is 524. The zero-order valence-electron chi connectivity index (χ0n) is 10.9. The number of carbonyl (C=O) groups is 1. The second-order valence-electron chi connectivity index (χ2n) is 3.99. The lowest BCUT2D eigenvalue weighted by molar-refractivity contribution is 0.0930. The first-order valence-electron chi connectivity index (χ1n) is 6.08. The Morgan fingerprint density at radius 3 is 2.79 bits per heavy atom. The monoisotopic (exact) mass is 276 g/mol. The van der Waals surface area contributed by atoms with Crippen LogP contribution in [0.4, 0.5) is 5.69 Å². The average molecular weight is 276 g/mol. The lowest BCUT2D eigenvalue weighted by atomic mass is 10.2. The van der Waals surface area contributed by atoms with Crippen LogP contribution in [0.5, 0.6) is 0 Å². The number of amides is 1. The molecule has 2 N–H and O–H groups in total. The third-order valence-corrected chi connectivity index (χ3v) is 3.64. The standard InChI is InChI=1S/C13H16N4OS/c1-3-10(13-15-6-7-19-13)17-12(18)11-5-4-9(14-2)8-16-11/h4-8,10,14H,3H2,1-2H3,(H,17,18). The van der Waals surface area contributed by atoms with Crippen LogP contribution in [-0.2, 0) is 0 Å². The molecule has 6 heteroatoms. The van der Waals surface area contributed by atoms with Gasteiger partial charge >= 0.3 is 0 Å². The van der Waals surface area contributed by atoms with Crippen LogP contribution in [0.25, 0.3) is 0 Å². The highest BCUT2D eigenvalue weighted by atomic mass is 32.1. The molecule has 1 amide bonds. The van der Waals surface area contributed by atoms with Gasteiger partial charge in [0.1, 0.15) is 10.7 Å². The molecule has 2 aromatic heterocycles. The Kier molecular flexibility index (Phi) is 4.46. The Morgan fingerprint density at radius 2 is 2.26 bits per heavy atom. The first-order chi connectivity index (χ1) is 9.24. The third kappa shape index (κ3) is 3.29. The molecule has 0 spiro atoms. The van der Waals surface area contributed by atoms with Gasteiger partial charge < -0.3 is 10.6 Å². The number of carbonyl (C=O) groups excluding carboxylic acids is 1. The summed E-state index contributed by atoms with van der Waals surface area (Å²) < 4.78 is 0. The van der Waals surface area contributed by atoms with Gasteiger partial charge in [0.05, 0.1) is 17.9 Å². The molecule has 2 heterocycles. The second kappa shape index (κ2) is 6.29. The maximum atomic E-state index is 12.1. The first-order valence-corrected chi connectivity index (χ1v) is 6.96. The van der Waals surface area contributed by atoms with E-state index in [0.29, 0.717) is 5.69 Å². The van der Waals surface area contributed by atoms with Crippen molar-refractivity contribution in [1.82, 2.24) is 15.3 Å². The molecule has 0 radical (unpaired) electrons. The highest BCUT2D eigenvalue weighted by molar-refractivity contribution is 7.09. The van der Waals surface area contributed by atoms with Crippen molar-refractivity contribution < 1.29 is 4.79 Å². The molecule has 1 unspecified atom stereocenters. The van der Waals surface area contributed by atoms with Crippen molar-refractivity contribution in [2.45, 2.75) is 19.4 Å². The number of thiazole rings is 1. The van der Waals surface area contributed by atoms with Crippen molar-refractivity contribution in [2.24, 2.45) is 0 Å². The molecule has 0 aliphatic carbocycles. The zero-order chi connectivity index (χ0) is 13.7. The van der Waals surface area contributed by atoms with Crippen LogP contribution in [0, 0.1) is 0 Å². The maximum Gasteiger partial charge on any atom is 0.270 e. The predicted octanol–water partition coefficient (Wildman–Crippen LogP) is 2.46. The SMILES string of the molecule is CCC(NC(=O)c1ccc(NC)cn1)c1nccs1. The number of hydrogen-bond donors (Lipinski definition) is 2. The van der Waals surface area contributed by atoms with Crippen molar-refractivity contribution in [2.75, 3.05) is 12.4 Å². The molecule has 2 aromatic rings. The highest BCUT2D eigenvalue weighted by Crippen LogP contribution is 2.19. The van der Waals surface area contributed by atoms with Crippen molar-refractivity contribution in [3.63, 3.8) is 0 Å². The smallest absolute Gasteiger partial charge is 0.270 e. The minimum atomic E-state index is -0.176. The molecular weight excluding hydrogens is 260 g/mol. The molecular formula is C13H16N4OS. The highest BCUT2D eigenvalue weighted by Gasteiger charge is 2.16. The third-order valence-electron chi connectivity index (χ3n) is 2.75. The fourth-order valence-corrected chi connectivity index (χ4v) is 2.43. The van der Waals surface area contributed by atoms with Gasteiger partial charge in [-0.05, 0) is 18.6 Å². The van der Waals surface area contributed by atoms with Crippen LogP contribution in [0.3, 0.4) is 0 Å². The molecule has 2 rings (SSSR count). The van der Waals surface area contributed by atoms with E-state index in [1.807, 2.05) is 25.4 Å². The van der Waals surface area contributed by atoms with E-state index >= 15 is 0 Å².